The van der Waals surface area contributed by atoms with Gasteiger partial charge in [-0.05, 0) is 24.8 Å². The summed E-state index contributed by atoms with van der Waals surface area (Å²) in [6.07, 6.45) is 9.35. The molecule has 2 aromatic heterocycles. The normalized spacial score (nSPS) is 16.6. The van der Waals surface area contributed by atoms with E-state index < -0.39 is 5.76 Å². The summed E-state index contributed by atoms with van der Waals surface area (Å²) in [4.78, 5) is 20.0. The van der Waals surface area contributed by atoms with E-state index in [1.54, 1.807) is 23.0 Å². The summed E-state index contributed by atoms with van der Waals surface area (Å²) in [5.74, 6) is 0.960. The summed E-state index contributed by atoms with van der Waals surface area (Å²) in [5.41, 5.74) is 0. The first kappa shape index (κ1) is 12.1. The van der Waals surface area contributed by atoms with Crippen LogP contribution in [-0.4, -0.2) is 19.7 Å². The molecule has 1 saturated carbocycles. The summed E-state index contributed by atoms with van der Waals surface area (Å²) >= 11 is 0. The van der Waals surface area contributed by atoms with Gasteiger partial charge in [0.25, 0.3) is 0 Å². The van der Waals surface area contributed by atoms with Crippen molar-refractivity contribution >= 4 is 0 Å². The quantitative estimate of drug-likeness (QED) is 0.842. The van der Waals surface area contributed by atoms with Crippen molar-refractivity contribution in [2.45, 2.75) is 38.6 Å². The van der Waals surface area contributed by atoms with Crippen molar-refractivity contribution < 1.29 is 4.52 Å². The highest BCUT2D eigenvalue weighted by atomic mass is 16.5. The van der Waals surface area contributed by atoms with Crippen molar-refractivity contribution in [3.63, 3.8) is 0 Å². The van der Waals surface area contributed by atoms with E-state index in [1.807, 2.05) is 0 Å². The van der Waals surface area contributed by atoms with Gasteiger partial charge in [0, 0.05) is 18.9 Å². The summed E-state index contributed by atoms with van der Waals surface area (Å²) in [6, 6.07) is 1.73. The molecule has 0 amide bonds. The van der Waals surface area contributed by atoms with E-state index in [1.165, 1.54) is 19.3 Å². The van der Waals surface area contributed by atoms with Gasteiger partial charge >= 0.3 is 5.76 Å². The Labute approximate surface area is 110 Å². The lowest BCUT2D eigenvalue weighted by Crippen LogP contribution is -2.22. The summed E-state index contributed by atoms with van der Waals surface area (Å²) in [7, 11) is 0. The lowest BCUT2D eigenvalue weighted by Gasteiger charge is -2.21. The maximum absolute atomic E-state index is 11.8. The highest BCUT2D eigenvalue weighted by Gasteiger charge is 2.20. The van der Waals surface area contributed by atoms with Gasteiger partial charge in [0.15, 0.2) is 5.82 Å². The molecule has 1 aliphatic carbocycles. The van der Waals surface area contributed by atoms with Crippen molar-refractivity contribution in [2.24, 2.45) is 5.92 Å². The van der Waals surface area contributed by atoms with Crippen LogP contribution in [0.5, 0.6) is 0 Å². The van der Waals surface area contributed by atoms with Gasteiger partial charge in [0.2, 0.25) is 5.82 Å². The van der Waals surface area contributed by atoms with E-state index in [-0.39, 0.29) is 0 Å². The molecule has 2 heterocycles. The molecule has 3 rings (SSSR count). The SMILES string of the molecule is O=c1onc(-c2ncccn2)n1CC1CCCCC1. The minimum atomic E-state index is -0.423. The Morgan fingerprint density at radius 1 is 1.21 bits per heavy atom. The maximum atomic E-state index is 11.8. The van der Waals surface area contributed by atoms with Gasteiger partial charge in [-0.3, -0.25) is 9.09 Å². The van der Waals surface area contributed by atoms with E-state index in [2.05, 4.69) is 15.1 Å². The zero-order chi connectivity index (χ0) is 13.1. The van der Waals surface area contributed by atoms with E-state index >= 15 is 0 Å². The van der Waals surface area contributed by atoms with Crippen molar-refractivity contribution in [3.05, 3.63) is 29.0 Å². The average Bonchev–Trinajstić information content (AvgIpc) is 2.82. The van der Waals surface area contributed by atoms with Crippen molar-refractivity contribution in [1.29, 1.82) is 0 Å². The third-order valence-corrected chi connectivity index (χ3v) is 3.62. The zero-order valence-electron chi connectivity index (χ0n) is 10.7. The zero-order valence-corrected chi connectivity index (χ0v) is 10.7. The smallest absolute Gasteiger partial charge is 0.295 e. The fourth-order valence-corrected chi connectivity index (χ4v) is 2.63. The number of rotatable bonds is 3. The van der Waals surface area contributed by atoms with Crippen LogP contribution in [0.4, 0.5) is 0 Å². The van der Waals surface area contributed by atoms with E-state index in [4.69, 9.17) is 4.52 Å². The first-order chi connectivity index (χ1) is 9.34. The number of hydrogen-bond donors (Lipinski definition) is 0. The van der Waals surface area contributed by atoms with Crippen LogP contribution in [0.25, 0.3) is 11.6 Å². The predicted octanol–water partition coefficient (Wildman–Crippen LogP) is 1.87. The third kappa shape index (κ3) is 2.57. The van der Waals surface area contributed by atoms with E-state index in [0.29, 0.717) is 24.1 Å². The molecule has 6 heteroatoms. The monoisotopic (exact) mass is 260 g/mol. The van der Waals surface area contributed by atoms with Crippen LogP contribution in [0.3, 0.4) is 0 Å². The van der Waals surface area contributed by atoms with Crippen LogP contribution in [0, 0.1) is 5.92 Å². The molecule has 1 fully saturated rings. The highest BCUT2D eigenvalue weighted by molar-refractivity contribution is 5.41. The highest BCUT2D eigenvalue weighted by Crippen LogP contribution is 2.25. The lowest BCUT2D eigenvalue weighted by atomic mass is 9.89. The first-order valence-corrected chi connectivity index (χ1v) is 6.68. The Hall–Kier alpha value is -1.98. The second-order valence-electron chi connectivity index (χ2n) is 4.96. The summed E-state index contributed by atoms with van der Waals surface area (Å²) in [5, 5.41) is 3.80. The molecule has 1 aliphatic rings. The van der Waals surface area contributed by atoms with Crippen LogP contribution in [0.1, 0.15) is 32.1 Å². The largest absolute Gasteiger partial charge is 0.441 e. The molecule has 6 nitrogen and oxygen atoms in total. The van der Waals surface area contributed by atoms with Gasteiger partial charge in [0.05, 0.1) is 0 Å². The standard InChI is InChI=1S/C13H16N4O2/c18-13-17(9-10-5-2-1-3-6-10)12(16-19-13)11-14-7-4-8-15-11/h4,7-8,10H,1-3,5-6,9H2. The van der Waals surface area contributed by atoms with Gasteiger partial charge in [-0.25, -0.2) is 14.8 Å². The van der Waals surface area contributed by atoms with Gasteiger partial charge in [-0.2, -0.15) is 0 Å². The van der Waals surface area contributed by atoms with E-state index in [9.17, 15) is 4.79 Å². The molecule has 0 saturated heterocycles. The third-order valence-electron chi connectivity index (χ3n) is 3.62. The molecule has 0 spiro atoms. The Morgan fingerprint density at radius 3 is 2.68 bits per heavy atom. The number of aromatic nitrogens is 4. The lowest BCUT2D eigenvalue weighted by molar-refractivity contribution is 0.305. The Balaban J connectivity index is 1.88. The molecule has 2 aromatic rings. The van der Waals surface area contributed by atoms with E-state index in [0.717, 1.165) is 12.8 Å². The number of hydrogen-bond acceptors (Lipinski definition) is 5. The van der Waals surface area contributed by atoms with Crippen LogP contribution in [0.15, 0.2) is 27.8 Å². The average molecular weight is 260 g/mol. The second-order valence-corrected chi connectivity index (χ2v) is 4.96. The van der Waals surface area contributed by atoms with Gasteiger partial charge in [-0.15, -0.1) is 0 Å². The minimum absolute atomic E-state index is 0.423. The molecule has 0 N–H and O–H groups in total. The molecular weight excluding hydrogens is 244 g/mol. The molecule has 0 unspecified atom stereocenters. The maximum Gasteiger partial charge on any atom is 0.441 e. The van der Waals surface area contributed by atoms with Crippen molar-refractivity contribution in [3.8, 4) is 11.6 Å². The Kier molecular flexibility index (Phi) is 3.39. The molecule has 0 bridgehead atoms. The topological polar surface area (TPSA) is 73.8 Å². The molecule has 100 valence electrons. The Bertz CT molecular complexity index is 584. The molecule has 0 atom stereocenters. The summed E-state index contributed by atoms with van der Waals surface area (Å²) < 4.78 is 6.33. The molecule has 0 aromatic carbocycles. The van der Waals surface area contributed by atoms with Gasteiger partial charge in [0.1, 0.15) is 0 Å². The van der Waals surface area contributed by atoms with Gasteiger partial charge in [-0.1, -0.05) is 24.4 Å². The first-order valence-electron chi connectivity index (χ1n) is 6.68. The molecule has 0 radical (unpaired) electrons. The molecular formula is C13H16N4O2. The number of nitrogens with zero attached hydrogens (tertiary/aromatic N) is 4. The molecule has 19 heavy (non-hydrogen) atoms. The van der Waals surface area contributed by atoms with Crippen LogP contribution >= 0.6 is 0 Å². The molecule has 0 aliphatic heterocycles. The van der Waals surface area contributed by atoms with Crippen molar-refractivity contribution in [2.75, 3.05) is 0 Å². The van der Waals surface area contributed by atoms with Crippen molar-refractivity contribution in [1.82, 2.24) is 19.7 Å². The minimum Gasteiger partial charge on any atom is -0.295 e. The van der Waals surface area contributed by atoms with Crippen LogP contribution in [-0.2, 0) is 6.54 Å². The fraction of sp³-hybridized carbons (Fsp3) is 0.538. The second kappa shape index (κ2) is 5.34. The fourth-order valence-electron chi connectivity index (χ4n) is 2.63. The predicted molar refractivity (Wildman–Crippen MR) is 68.4 cm³/mol. The van der Waals surface area contributed by atoms with Crippen LogP contribution < -0.4 is 5.76 Å². The van der Waals surface area contributed by atoms with Gasteiger partial charge < -0.3 is 0 Å². The van der Waals surface area contributed by atoms with Crippen LogP contribution in [0.2, 0.25) is 0 Å². The Morgan fingerprint density at radius 2 is 1.95 bits per heavy atom. The summed E-state index contributed by atoms with van der Waals surface area (Å²) in [6.45, 7) is 0.649.